The van der Waals surface area contributed by atoms with Gasteiger partial charge in [0, 0.05) is 38.9 Å². The zero-order valence-electron chi connectivity index (χ0n) is 12.7. The van der Waals surface area contributed by atoms with Crippen LogP contribution in [-0.4, -0.2) is 37.7 Å². The first-order chi connectivity index (χ1) is 10.2. The number of anilines is 2. The largest absolute Gasteiger partial charge is 0.496 e. The van der Waals surface area contributed by atoms with Crippen LogP contribution in [0.1, 0.15) is 11.1 Å². The molecule has 5 nitrogen and oxygen atoms in total. The van der Waals surface area contributed by atoms with Gasteiger partial charge >= 0.3 is 0 Å². The SMILES string of the molecule is COc1cccc2c1CCN(c1nccc(N(C)C)n1)C2. The van der Waals surface area contributed by atoms with Crippen LogP contribution in [0.2, 0.25) is 0 Å². The predicted octanol–water partition coefficient (Wildman–Crippen LogP) is 2.11. The quantitative estimate of drug-likeness (QED) is 0.863. The van der Waals surface area contributed by atoms with Gasteiger partial charge in [0.2, 0.25) is 5.95 Å². The van der Waals surface area contributed by atoms with Crippen molar-refractivity contribution < 1.29 is 4.74 Å². The summed E-state index contributed by atoms with van der Waals surface area (Å²) < 4.78 is 5.45. The van der Waals surface area contributed by atoms with Crippen molar-refractivity contribution in [3.8, 4) is 5.75 Å². The first-order valence-electron chi connectivity index (χ1n) is 7.09. The fraction of sp³-hybridized carbons (Fsp3) is 0.375. The third kappa shape index (κ3) is 2.63. The van der Waals surface area contributed by atoms with E-state index in [0.717, 1.165) is 37.0 Å². The lowest BCUT2D eigenvalue weighted by Crippen LogP contribution is -2.32. The Kier molecular flexibility index (Phi) is 3.64. The number of methoxy groups -OCH3 is 1. The summed E-state index contributed by atoms with van der Waals surface area (Å²) in [5, 5.41) is 0. The molecule has 2 aromatic rings. The Morgan fingerprint density at radius 3 is 2.86 bits per heavy atom. The van der Waals surface area contributed by atoms with Crippen LogP contribution in [0.25, 0.3) is 0 Å². The number of hydrogen-bond acceptors (Lipinski definition) is 5. The van der Waals surface area contributed by atoms with Crippen LogP contribution in [0.3, 0.4) is 0 Å². The number of aromatic nitrogens is 2. The average Bonchev–Trinajstić information content (AvgIpc) is 2.53. The van der Waals surface area contributed by atoms with Crippen LogP contribution in [0.15, 0.2) is 30.5 Å². The van der Waals surface area contributed by atoms with E-state index in [2.05, 4.69) is 20.9 Å². The van der Waals surface area contributed by atoms with Gasteiger partial charge in [-0.2, -0.15) is 4.98 Å². The van der Waals surface area contributed by atoms with E-state index in [1.165, 1.54) is 11.1 Å². The maximum Gasteiger partial charge on any atom is 0.227 e. The van der Waals surface area contributed by atoms with Crippen LogP contribution >= 0.6 is 0 Å². The van der Waals surface area contributed by atoms with Crippen molar-refractivity contribution >= 4 is 11.8 Å². The molecule has 1 aliphatic heterocycles. The average molecular weight is 284 g/mol. The van der Waals surface area contributed by atoms with Gasteiger partial charge in [0.25, 0.3) is 0 Å². The first-order valence-corrected chi connectivity index (χ1v) is 7.09. The molecule has 3 rings (SSSR count). The molecular formula is C16H20N4O. The normalized spacial score (nSPS) is 13.8. The van der Waals surface area contributed by atoms with Gasteiger partial charge in [-0.3, -0.25) is 0 Å². The third-order valence-electron chi connectivity index (χ3n) is 3.81. The van der Waals surface area contributed by atoms with Crippen molar-refractivity contribution in [2.75, 3.05) is 37.5 Å². The Balaban J connectivity index is 1.88. The van der Waals surface area contributed by atoms with Crippen LogP contribution in [-0.2, 0) is 13.0 Å². The fourth-order valence-corrected chi connectivity index (χ4v) is 2.68. The summed E-state index contributed by atoms with van der Waals surface area (Å²) in [7, 11) is 5.70. The molecule has 0 radical (unpaired) electrons. The summed E-state index contributed by atoms with van der Waals surface area (Å²) in [5.74, 6) is 2.70. The minimum absolute atomic E-state index is 0.787. The van der Waals surface area contributed by atoms with Crippen molar-refractivity contribution in [3.05, 3.63) is 41.6 Å². The van der Waals surface area contributed by atoms with E-state index >= 15 is 0 Å². The molecule has 110 valence electrons. The highest BCUT2D eigenvalue weighted by Crippen LogP contribution is 2.29. The third-order valence-corrected chi connectivity index (χ3v) is 3.81. The van der Waals surface area contributed by atoms with Gasteiger partial charge in [-0.25, -0.2) is 4.98 Å². The summed E-state index contributed by atoms with van der Waals surface area (Å²) in [6, 6.07) is 8.14. The molecule has 21 heavy (non-hydrogen) atoms. The van der Waals surface area contributed by atoms with E-state index < -0.39 is 0 Å². The molecule has 0 amide bonds. The monoisotopic (exact) mass is 284 g/mol. The van der Waals surface area contributed by atoms with E-state index in [1.54, 1.807) is 7.11 Å². The molecule has 0 saturated heterocycles. The summed E-state index contributed by atoms with van der Waals surface area (Å²) >= 11 is 0. The zero-order valence-corrected chi connectivity index (χ0v) is 12.7. The number of hydrogen-bond donors (Lipinski definition) is 0. The van der Waals surface area contributed by atoms with E-state index in [-0.39, 0.29) is 0 Å². The van der Waals surface area contributed by atoms with Crippen LogP contribution in [0.4, 0.5) is 11.8 Å². The Labute approximate surface area is 125 Å². The molecule has 0 bridgehead atoms. The van der Waals surface area contributed by atoms with E-state index in [4.69, 9.17) is 4.74 Å². The maximum absolute atomic E-state index is 5.45. The Morgan fingerprint density at radius 2 is 2.10 bits per heavy atom. The highest BCUT2D eigenvalue weighted by molar-refractivity contribution is 5.48. The summed E-state index contributed by atoms with van der Waals surface area (Å²) in [5.41, 5.74) is 2.60. The lowest BCUT2D eigenvalue weighted by molar-refractivity contribution is 0.407. The van der Waals surface area contributed by atoms with Crippen molar-refractivity contribution in [2.45, 2.75) is 13.0 Å². The molecule has 0 aliphatic carbocycles. The number of ether oxygens (including phenoxy) is 1. The molecule has 0 unspecified atom stereocenters. The lowest BCUT2D eigenvalue weighted by Gasteiger charge is -2.30. The molecular weight excluding hydrogens is 264 g/mol. The highest BCUT2D eigenvalue weighted by atomic mass is 16.5. The molecule has 2 heterocycles. The second-order valence-corrected chi connectivity index (χ2v) is 5.38. The minimum Gasteiger partial charge on any atom is -0.496 e. The van der Waals surface area contributed by atoms with Crippen molar-refractivity contribution in [2.24, 2.45) is 0 Å². The van der Waals surface area contributed by atoms with Crippen molar-refractivity contribution in [1.82, 2.24) is 9.97 Å². The summed E-state index contributed by atoms with van der Waals surface area (Å²) in [6.45, 7) is 1.73. The smallest absolute Gasteiger partial charge is 0.227 e. The maximum atomic E-state index is 5.45. The van der Waals surface area contributed by atoms with Crippen molar-refractivity contribution in [1.29, 1.82) is 0 Å². The number of rotatable bonds is 3. The van der Waals surface area contributed by atoms with Crippen LogP contribution in [0.5, 0.6) is 5.75 Å². The Bertz CT molecular complexity index is 642. The standard InChI is InChI=1S/C16H20N4O/c1-19(2)15-7-9-17-16(18-15)20-10-8-13-12(11-20)5-4-6-14(13)21-3/h4-7,9H,8,10-11H2,1-3H3. The molecule has 0 N–H and O–H groups in total. The molecule has 0 saturated carbocycles. The fourth-order valence-electron chi connectivity index (χ4n) is 2.68. The van der Waals surface area contributed by atoms with Gasteiger partial charge < -0.3 is 14.5 Å². The zero-order chi connectivity index (χ0) is 14.8. The predicted molar refractivity (Wildman–Crippen MR) is 84.1 cm³/mol. The molecule has 1 aromatic heterocycles. The molecule has 0 atom stereocenters. The summed E-state index contributed by atoms with van der Waals surface area (Å²) in [4.78, 5) is 13.2. The molecule has 1 aromatic carbocycles. The van der Waals surface area contributed by atoms with Gasteiger partial charge in [0.1, 0.15) is 11.6 Å². The lowest BCUT2D eigenvalue weighted by atomic mass is 9.99. The summed E-state index contributed by atoms with van der Waals surface area (Å²) in [6.07, 6.45) is 2.77. The highest BCUT2D eigenvalue weighted by Gasteiger charge is 2.21. The van der Waals surface area contributed by atoms with E-state index in [1.807, 2.05) is 43.4 Å². The Morgan fingerprint density at radius 1 is 1.24 bits per heavy atom. The van der Waals surface area contributed by atoms with Gasteiger partial charge in [0.05, 0.1) is 7.11 Å². The molecule has 0 fully saturated rings. The van der Waals surface area contributed by atoms with Gasteiger partial charge in [-0.15, -0.1) is 0 Å². The Hall–Kier alpha value is -2.30. The van der Waals surface area contributed by atoms with E-state index in [9.17, 15) is 0 Å². The first kappa shape index (κ1) is 13.7. The second-order valence-electron chi connectivity index (χ2n) is 5.38. The number of nitrogens with zero attached hydrogens (tertiary/aromatic N) is 4. The van der Waals surface area contributed by atoms with Gasteiger partial charge in [-0.05, 0) is 24.1 Å². The van der Waals surface area contributed by atoms with E-state index in [0.29, 0.717) is 0 Å². The van der Waals surface area contributed by atoms with Gasteiger partial charge in [-0.1, -0.05) is 12.1 Å². The number of benzene rings is 1. The van der Waals surface area contributed by atoms with Crippen LogP contribution < -0.4 is 14.5 Å². The minimum atomic E-state index is 0.787. The number of fused-ring (bicyclic) bond motifs is 1. The van der Waals surface area contributed by atoms with Gasteiger partial charge in [0.15, 0.2) is 0 Å². The van der Waals surface area contributed by atoms with Crippen LogP contribution in [0, 0.1) is 0 Å². The van der Waals surface area contributed by atoms with Crippen molar-refractivity contribution in [3.63, 3.8) is 0 Å². The molecule has 0 spiro atoms. The second kappa shape index (κ2) is 5.60. The topological polar surface area (TPSA) is 41.5 Å². The molecule has 1 aliphatic rings. The molecule has 5 heteroatoms.